The van der Waals surface area contributed by atoms with Gasteiger partial charge in [-0.25, -0.2) is 14.6 Å². The molecule has 3 heterocycles. The maximum Gasteiger partial charge on any atom is 0.352 e. The maximum absolute atomic E-state index is 12.9. The summed E-state index contributed by atoms with van der Waals surface area (Å²) < 4.78 is 4.87. The van der Waals surface area contributed by atoms with Crippen LogP contribution in [0.1, 0.15) is 19.5 Å². The van der Waals surface area contributed by atoms with Crippen molar-refractivity contribution in [3.8, 4) is 0 Å². The standard InChI is InChI=1S/C18H19N5O9S2/c1-6(16(27)28)32-22-10(9-5-34-18(19)20-9)13(25)21-11-14(26)23-12(17(29)30)8(3-31-7(2)24)4-33-15(11)23/h5-6,11,15H,3-4H2,1-2H3,(H2,19,20)(H,21,25)(H,27,28)(H,29,30)/b22-10-/t6?,11?,15-/m1/s1. The summed E-state index contributed by atoms with van der Waals surface area (Å²) in [5.74, 6) is -4.73. The first-order valence-electron chi connectivity index (χ1n) is 9.53. The number of thioether (sulfide) groups is 1. The summed E-state index contributed by atoms with van der Waals surface area (Å²) in [6, 6.07) is -1.10. The van der Waals surface area contributed by atoms with Crippen molar-refractivity contribution in [2.24, 2.45) is 5.16 Å². The maximum atomic E-state index is 12.9. The smallest absolute Gasteiger partial charge is 0.352 e. The highest BCUT2D eigenvalue weighted by atomic mass is 32.2. The molecule has 0 radical (unpaired) electrons. The summed E-state index contributed by atoms with van der Waals surface area (Å²) in [5, 5.41) is 25.4. The molecule has 1 fully saturated rings. The number of nitrogens with one attached hydrogen (secondary N) is 1. The van der Waals surface area contributed by atoms with E-state index in [4.69, 9.17) is 20.4 Å². The van der Waals surface area contributed by atoms with Gasteiger partial charge < -0.3 is 30.8 Å². The Morgan fingerprint density at radius 3 is 2.65 bits per heavy atom. The molecule has 0 spiro atoms. The van der Waals surface area contributed by atoms with Crippen LogP contribution in [0, 0.1) is 0 Å². The van der Waals surface area contributed by atoms with E-state index in [1.165, 1.54) is 31.0 Å². The minimum atomic E-state index is -1.37. The zero-order chi connectivity index (χ0) is 25.2. The van der Waals surface area contributed by atoms with Crippen LogP contribution in [-0.4, -0.2) is 85.4 Å². The van der Waals surface area contributed by atoms with Gasteiger partial charge >= 0.3 is 17.9 Å². The second-order valence-electron chi connectivity index (χ2n) is 7.00. The van der Waals surface area contributed by atoms with Crippen LogP contribution < -0.4 is 11.1 Å². The van der Waals surface area contributed by atoms with Gasteiger partial charge in [0.1, 0.15) is 29.4 Å². The number of carboxylic acid groups (broad SMARTS) is 2. The Bertz CT molecular complexity index is 1120. The lowest BCUT2D eigenvalue weighted by Crippen LogP contribution is -2.71. The lowest BCUT2D eigenvalue weighted by atomic mass is 10.0. The van der Waals surface area contributed by atoms with Crippen LogP contribution >= 0.6 is 23.1 Å². The summed E-state index contributed by atoms with van der Waals surface area (Å²) in [6.07, 6.45) is -1.37. The predicted molar refractivity (Wildman–Crippen MR) is 118 cm³/mol. The van der Waals surface area contributed by atoms with Crippen LogP contribution in [0.5, 0.6) is 0 Å². The van der Waals surface area contributed by atoms with Crippen molar-refractivity contribution in [1.29, 1.82) is 0 Å². The number of carbonyl (C=O) groups excluding carboxylic acids is 3. The van der Waals surface area contributed by atoms with Gasteiger partial charge in [-0.3, -0.25) is 19.3 Å². The van der Waals surface area contributed by atoms with E-state index in [-0.39, 0.29) is 34.5 Å². The van der Waals surface area contributed by atoms with Crippen molar-refractivity contribution in [3.63, 3.8) is 0 Å². The van der Waals surface area contributed by atoms with Gasteiger partial charge in [-0.1, -0.05) is 5.16 Å². The van der Waals surface area contributed by atoms with Gasteiger partial charge in [0, 0.05) is 23.6 Å². The van der Waals surface area contributed by atoms with E-state index in [1.54, 1.807) is 0 Å². The first-order chi connectivity index (χ1) is 16.0. The summed E-state index contributed by atoms with van der Waals surface area (Å²) in [4.78, 5) is 69.3. The van der Waals surface area contributed by atoms with Crippen LogP contribution in [-0.2, 0) is 33.5 Å². The number of anilines is 1. The number of esters is 1. The Labute approximate surface area is 199 Å². The Hall–Kier alpha value is -3.66. The molecule has 14 nitrogen and oxygen atoms in total. The number of carbonyl (C=O) groups is 5. The van der Waals surface area contributed by atoms with Gasteiger partial charge in [0.15, 0.2) is 10.8 Å². The molecular weight excluding hydrogens is 494 g/mol. The molecule has 1 aromatic rings. The number of β-lactam (4-membered cyclic amide) rings is 1. The average Bonchev–Trinajstić information content (AvgIpc) is 3.20. The third kappa shape index (κ3) is 5.12. The van der Waals surface area contributed by atoms with Gasteiger partial charge in [0.25, 0.3) is 11.8 Å². The molecule has 0 aliphatic carbocycles. The molecule has 1 saturated heterocycles. The van der Waals surface area contributed by atoms with Crippen molar-refractivity contribution < 1.29 is 43.8 Å². The van der Waals surface area contributed by atoms with Crippen LogP contribution in [0.3, 0.4) is 0 Å². The van der Waals surface area contributed by atoms with E-state index >= 15 is 0 Å². The van der Waals surface area contributed by atoms with E-state index in [0.717, 1.165) is 16.2 Å². The summed E-state index contributed by atoms with van der Waals surface area (Å²) in [5.41, 5.74) is 5.14. The summed E-state index contributed by atoms with van der Waals surface area (Å²) in [6.45, 7) is 2.10. The van der Waals surface area contributed by atoms with Crippen molar-refractivity contribution in [1.82, 2.24) is 15.2 Å². The number of aliphatic carboxylic acids is 2. The molecule has 2 aliphatic rings. The first-order valence-corrected chi connectivity index (χ1v) is 11.5. The number of aromatic nitrogens is 1. The van der Waals surface area contributed by atoms with Crippen molar-refractivity contribution in [2.75, 3.05) is 18.1 Å². The number of oxime groups is 1. The molecule has 182 valence electrons. The van der Waals surface area contributed by atoms with E-state index in [2.05, 4.69) is 15.5 Å². The fraction of sp³-hybridized carbons (Fsp3) is 0.389. The zero-order valence-electron chi connectivity index (χ0n) is 17.7. The largest absolute Gasteiger partial charge is 0.478 e. The molecule has 16 heteroatoms. The fourth-order valence-corrected chi connectivity index (χ4v) is 4.85. The molecule has 0 aromatic carbocycles. The SMILES string of the molecule is CC(=O)OCC1=C(C(=O)O)N2C(=O)C(NC(=O)/C(=N\OC(C)C(=O)O)c3csc(N)n3)[C@H]2SC1. The minimum absolute atomic E-state index is 0.00676. The molecule has 0 saturated carbocycles. The number of nitrogen functional groups attached to an aromatic ring is 1. The van der Waals surface area contributed by atoms with Crippen LogP contribution in [0.2, 0.25) is 0 Å². The number of amides is 2. The predicted octanol–water partition coefficient (Wildman–Crippen LogP) is -0.779. The molecule has 2 amide bonds. The topological polar surface area (TPSA) is 211 Å². The van der Waals surface area contributed by atoms with Gasteiger partial charge in [0.2, 0.25) is 6.10 Å². The van der Waals surface area contributed by atoms with Gasteiger partial charge in [-0.05, 0) is 6.92 Å². The van der Waals surface area contributed by atoms with Crippen LogP contribution in [0.4, 0.5) is 5.13 Å². The highest BCUT2D eigenvalue weighted by Crippen LogP contribution is 2.40. The van der Waals surface area contributed by atoms with Crippen molar-refractivity contribution in [2.45, 2.75) is 31.4 Å². The molecule has 0 bridgehead atoms. The molecule has 2 unspecified atom stereocenters. The van der Waals surface area contributed by atoms with Crippen molar-refractivity contribution in [3.05, 3.63) is 22.3 Å². The average molecular weight is 514 g/mol. The number of ether oxygens (including phenoxy) is 1. The molecule has 2 aliphatic heterocycles. The lowest BCUT2D eigenvalue weighted by Gasteiger charge is -2.49. The number of rotatable bonds is 9. The summed E-state index contributed by atoms with van der Waals surface area (Å²) >= 11 is 2.18. The van der Waals surface area contributed by atoms with Gasteiger partial charge in [0.05, 0.1) is 0 Å². The zero-order valence-corrected chi connectivity index (χ0v) is 19.3. The quantitative estimate of drug-likeness (QED) is 0.139. The second kappa shape index (κ2) is 10.1. The van der Waals surface area contributed by atoms with Gasteiger partial charge in [-0.15, -0.1) is 23.1 Å². The van der Waals surface area contributed by atoms with Gasteiger partial charge in [-0.2, -0.15) is 0 Å². The highest BCUT2D eigenvalue weighted by molar-refractivity contribution is 8.00. The van der Waals surface area contributed by atoms with Crippen LogP contribution in [0.25, 0.3) is 0 Å². The third-order valence-corrected chi connectivity index (χ3v) is 6.63. The Morgan fingerprint density at radius 1 is 1.38 bits per heavy atom. The van der Waals surface area contributed by atoms with Crippen LogP contribution in [0.15, 0.2) is 21.8 Å². The lowest BCUT2D eigenvalue weighted by molar-refractivity contribution is -0.150. The van der Waals surface area contributed by atoms with E-state index in [1.807, 2.05) is 0 Å². The number of carboxylic acids is 2. The molecule has 1 aromatic heterocycles. The Morgan fingerprint density at radius 2 is 2.09 bits per heavy atom. The summed E-state index contributed by atoms with van der Waals surface area (Å²) in [7, 11) is 0. The Balaban J connectivity index is 1.80. The van der Waals surface area contributed by atoms with Crippen molar-refractivity contribution >= 4 is 63.7 Å². The molecule has 34 heavy (non-hydrogen) atoms. The fourth-order valence-electron chi connectivity index (χ4n) is 2.97. The van der Waals surface area contributed by atoms with E-state index in [9.17, 15) is 29.1 Å². The van der Waals surface area contributed by atoms with E-state index in [0.29, 0.717) is 0 Å². The second-order valence-corrected chi connectivity index (χ2v) is 8.99. The normalized spacial score (nSPS) is 20.7. The highest BCUT2D eigenvalue weighted by Gasteiger charge is 2.54. The first kappa shape index (κ1) is 25.0. The number of nitrogens with two attached hydrogens (primary N) is 1. The number of hydrogen-bond donors (Lipinski definition) is 4. The molecule has 3 rings (SSSR count). The number of thiazole rings is 1. The van der Waals surface area contributed by atoms with E-state index < -0.39 is 53.0 Å². The number of hydrogen-bond acceptors (Lipinski definition) is 12. The molecule has 5 N–H and O–H groups in total. The molecular formula is C18H19N5O9S2. The third-order valence-electron chi connectivity index (χ3n) is 4.62. The number of fused-ring (bicyclic) bond motifs is 1. The molecule has 3 atom stereocenters. The monoisotopic (exact) mass is 513 g/mol. The minimum Gasteiger partial charge on any atom is -0.478 e. The Kier molecular flexibility index (Phi) is 7.41. The number of nitrogens with zero attached hydrogens (tertiary/aromatic N) is 3.